The van der Waals surface area contributed by atoms with Gasteiger partial charge in [-0.25, -0.2) is 18.4 Å². The SMILES string of the molecule is COC(=O)C=C[C@H]1CC[C@@H](c2cc(F)ccc2F)N1C(=O)OC(C)(C)C. The Kier molecular flexibility index (Phi) is 6.00. The topological polar surface area (TPSA) is 55.8 Å². The molecule has 26 heavy (non-hydrogen) atoms. The molecule has 0 spiro atoms. The number of esters is 1. The number of amides is 1. The molecule has 0 unspecified atom stereocenters. The van der Waals surface area contributed by atoms with Crippen LogP contribution in [0.3, 0.4) is 0 Å². The second kappa shape index (κ2) is 7.85. The molecule has 7 heteroatoms. The van der Waals surface area contributed by atoms with E-state index in [1.165, 1.54) is 24.2 Å². The third-order valence-corrected chi connectivity index (χ3v) is 4.01. The number of ether oxygens (including phenoxy) is 2. The highest BCUT2D eigenvalue weighted by molar-refractivity contribution is 5.82. The van der Waals surface area contributed by atoms with Gasteiger partial charge in [-0.15, -0.1) is 0 Å². The highest BCUT2D eigenvalue weighted by atomic mass is 19.1. The molecule has 0 bridgehead atoms. The summed E-state index contributed by atoms with van der Waals surface area (Å²) in [4.78, 5) is 25.4. The van der Waals surface area contributed by atoms with E-state index in [9.17, 15) is 18.4 Å². The van der Waals surface area contributed by atoms with Crippen molar-refractivity contribution in [2.45, 2.75) is 51.3 Å². The Morgan fingerprint density at radius 2 is 1.92 bits per heavy atom. The summed E-state index contributed by atoms with van der Waals surface area (Å²) in [7, 11) is 1.25. The van der Waals surface area contributed by atoms with Gasteiger partial charge in [-0.05, 0) is 51.8 Å². The minimum Gasteiger partial charge on any atom is -0.466 e. The van der Waals surface area contributed by atoms with E-state index >= 15 is 0 Å². The largest absolute Gasteiger partial charge is 0.466 e. The number of carbonyl (C=O) groups excluding carboxylic acids is 2. The molecule has 1 aliphatic heterocycles. The maximum atomic E-state index is 14.3. The number of rotatable bonds is 3. The van der Waals surface area contributed by atoms with Gasteiger partial charge in [0.25, 0.3) is 0 Å². The van der Waals surface area contributed by atoms with Gasteiger partial charge in [-0.3, -0.25) is 4.90 Å². The van der Waals surface area contributed by atoms with Gasteiger partial charge in [0, 0.05) is 11.6 Å². The molecule has 1 fully saturated rings. The average Bonchev–Trinajstić information content (AvgIpc) is 2.97. The van der Waals surface area contributed by atoms with Gasteiger partial charge in [0.1, 0.15) is 17.2 Å². The van der Waals surface area contributed by atoms with Gasteiger partial charge in [0.15, 0.2) is 0 Å². The van der Waals surface area contributed by atoms with E-state index in [2.05, 4.69) is 4.74 Å². The van der Waals surface area contributed by atoms with Gasteiger partial charge in [0.2, 0.25) is 0 Å². The molecule has 0 N–H and O–H groups in total. The van der Waals surface area contributed by atoms with Gasteiger partial charge in [0.05, 0.1) is 19.2 Å². The third-order valence-electron chi connectivity index (χ3n) is 4.01. The standard InChI is InChI=1S/C19H23F2NO4/c1-19(2,3)26-18(24)22-13(7-10-17(23)25-4)6-9-16(22)14-11-12(20)5-8-15(14)21/h5,7-8,10-11,13,16H,6,9H2,1-4H3/t13-,16+/m1/s1. The van der Waals surface area contributed by atoms with Crippen LogP contribution < -0.4 is 0 Å². The number of benzene rings is 1. The zero-order chi connectivity index (χ0) is 19.5. The number of nitrogens with zero attached hydrogens (tertiary/aromatic N) is 1. The first kappa shape index (κ1) is 19.9. The van der Waals surface area contributed by atoms with Crippen molar-refractivity contribution in [3.05, 3.63) is 47.5 Å². The molecule has 5 nitrogen and oxygen atoms in total. The molecular weight excluding hydrogens is 344 g/mol. The molecular formula is C19H23F2NO4. The molecule has 1 heterocycles. The van der Waals surface area contributed by atoms with Gasteiger partial charge < -0.3 is 9.47 Å². The summed E-state index contributed by atoms with van der Waals surface area (Å²) in [5.74, 6) is -1.74. The predicted octanol–water partition coefficient (Wildman–Crippen LogP) is 4.13. The monoisotopic (exact) mass is 367 g/mol. The summed E-state index contributed by atoms with van der Waals surface area (Å²) in [6, 6.07) is 1.98. The fraction of sp³-hybridized carbons (Fsp3) is 0.474. The van der Waals surface area contributed by atoms with Crippen LogP contribution in [0.4, 0.5) is 13.6 Å². The summed E-state index contributed by atoms with van der Waals surface area (Å²) in [6.07, 6.45) is 2.98. The second-order valence-electron chi connectivity index (χ2n) is 7.10. The second-order valence-corrected chi connectivity index (χ2v) is 7.10. The minimum atomic E-state index is -0.749. The number of halogens is 2. The van der Waals surface area contributed by atoms with Crippen molar-refractivity contribution in [1.29, 1.82) is 0 Å². The van der Waals surface area contributed by atoms with Crippen LogP contribution in [-0.4, -0.2) is 35.7 Å². The highest BCUT2D eigenvalue weighted by Gasteiger charge is 2.40. The van der Waals surface area contributed by atoms with E-state index in [0.717, 1.165) is 18.2 Å². The number of carbonyl (C=O) groups is 2. The van der Waals surface area contributed by atoms with Crippen LogP contribution in [0, 0.1) is 11.6 Å². The van der Waals surface area contributed by atoms with Crippen molar-refractivity contribution in [3.8, 4) is 0 Å². The summed E-state index contributed by atoms with van der Waals surface area (Å²) in [6.45, 7) is 5.16. The fourth-order valence-corrected chi connectivity index (χ4v) is 2.94. The molecule has 1 amide bonds. The lowest BCUT2D eigenvalue weighted by Crippen LogP contribution is -2.40. The van der Waals surface area contributed by atoms with E-state index in [-0.39, 0.29) is 5.56 Å². The molecule has 2 rings (SSSR count). The van der Waals surface area contributed by atoms with Crippen LogP contribution in [0.25, 0.3) is 0 Å². The normalized spacial score (nSPS) is 20.5. The molecule has 1 saturated heterocycles. The number of hydrogen-bond donors (Lipinski definition) is 0. The van der Waals surface area contributed by atoms with Crippen molar-refractivity contribution in [2.24, 2.45) is 0 Å². The highest BCUT2D eigenvalue weighted by Crippen LogP contribution is 2.39. The Morgan fingerprint density at radius 3 is 2.54 bits per heavy atom. The number of hydrogen-bond acceptors (Lipinski definition) is 4. The first-order valence-corrected chi connectivity index (χ1v) is 8.35. The van der Waals surface area contributed by atoms with Crippen molar-refractivity contribution < 1.29 is 27.8 Å². The predicted molar refractivity (Wildman–Crippen MR) is 91.4 cm³/mol. The quantitative estimate of drug-likeness (QED) is 0.595. The third kappa shape index (κ3) is 4.80. The Morgan fingerprint density at radius 1 is 1.23 bits per heavy atom. The van der Waals surface area contributed by atoms with Crippen molar-refractivity contribution in [1.82, 2.24) is 4.90 Å². The van der Waals surface area contributed by atoms with Crippen LogP contribution in [0.15, 0.2) is 30.4 Å². The summed E-state index contributed by atoms with van der Waals surface area (Å²) >= 11 is 0. The zero-order valence-corrected chi connectivity index (χ0v) is 15.3. The molecule has 1 aromatic rings. The Hall–Kier alpha value is -2.44. The van der Waals surface area contributed by atoms with Crippen molar-refractivity contribution >= 4 is 12.1 Å². The maximum Gasteiger partial charge on any atom is 0.411 e. The Bertz CT molecular complexity index is 712. The lowest BCUT2D eigenvalue weighted by Gasteiger charge is -2.32. The number of methoxy groups -OCH3 is 1. The molecule has 0 aliphatic carbocycles. The van der Waals surface area contributed by atoms with E-state index in [1.54, 1.807) is 20.8 Å². The van der Waals surface area contributed by atoms with Crippen LogP contribution in [0.5, 0.6) is 0 Å². The van der Waals surface area contributed by atoms with E-state index < -0.39 is 41.4 Å². The lowest BCUT2D eigenvalue weighted by atomic mass is 10.0. The molecule has 142 valence electrons. The van der Waals surface area contributed by atoms with Crippen molar-refractivity contribution in [2.75, 3.05) is 7.11 Å². The summed E-state index contributed by atoms with van der Waals surface area (Å²) < 4.78 is 37.9. The lowest BCUT2D eigenvalue weighted by molar-refractivity contribution is -0.134. The summed E-state index contributed by atoms with van der Waals surface area (Å²) in [5.41, 5.74) is -0.661. The minimum absolute atomic E-state index is 0.0878. The first-order chi connectivity index (χ1) is 12.1. The Labute approximate surface area is 151 Å². The van der Waals surface area contributed by atoms with E-state index in [1.807, 2.05) is 0 Å². The van der Waals surface area contributed by atoms with Crippen LogP contribution >= 0.6 is 0 Å². The molecule has 2 atom stereocenters. The maximum absolute atomic E-state index is 14.3. The van der Waals surface area contributed by atoms with Gasteiger partial charge >= 0.3 is 12.1 Å². The van der Waals surface area contributed by atoms with Gasteiger partial charge in [-0.2, -0.15) is 0 Å². The molecule has 0 aromatic heterocycles. The molecule has 1 aliphatic rings. The molecule has 0 saturated carbocycles. The van der Waals surface area contributed by atoms with Gasteiger partial charge in [-0.1, -0.05) is 6.08 Å². The summed E-state index contributed by atoms with van der Waals surface area (Å²) in [5, 5.41) is 0. The number of likely N-dealkylation sites (tertiary alicyclic amines) is 1. The zero-order valence-electron chi connectivity index (χ0n) is 15.3. The van der Waals surface area contributed by atoms with E-state index in [4.69, 9.17) is 4.74 Å². The fourth-order valence-electron chi connectivity index (χ4n) is 2.94. The van der Waals surface area contributed by atoms with E-state index in [0.29, 0.717) is 12.8 Å². The first-order valence-electron chi connectivity index (χ1n) is 8.35. The Balaban J connectivity index is 2.37. The van der Waals surface area contributed by atoms with Crippen LogP contribution in [0.2, 0.25) is 0 Å². The molecule has 0 radical (unpaired) electrons. The molecule has 1 aromatic carbocycles. The van der Waals surface area contributed by atoms with Crippen LogP contribution in [-0.2, 0) is 14.3 Å². The van der Waals surface area contributed by atoms with Crippen LogP contribution in [0.1, 0.15) is 45.2 Å². The smallest absolute Gasteiger partial charge is 0.411 e. The average molecular weight is 367 g/mol. The van der Waals surface area contributed by atoms with Crippen molar-refractivity contribution in [3.63, 3.8) is 0 Å².